The molecule has 0 atom stereocenters. The summed E-state index contributed by atoms with van der Waals surface area (Å²) in [5.74, 6) is 0. The first-order chi connectivity index (χ1) is 5.29. The van der Waals surface area contributed by atoms with E-state index in [1.807, 2.05) is 0 Å². The summed E-state index contributed by atoms with van der Waals surface area (Å²) in [5.41, 5.74) is 0. The van der Waals surface area contributed by atoms with Gasteiger partial charge in [-0.15, -0.1) is 0 Å². The van der Waals surface area contributed by atoms with Crippen molar-refractivity contribution in [2.24, 2.45) is 0 Å². The molecule has 0 unspecified atom stereocenters. The van der Waals surface area contributed by atoms with Crippen molar-refractivity contribution >= 4 is 11.0 Å². The number of halogens is 3. The molecule has 0 heterocycles. The van der Waals surface area contributed by atoms with Crippen molar-refractivity contribution in [2.75, 3.05) is 0 Å². The average Bonchev–Trinajstić information content (AvgIpc) is 1.80. The maximum atomic E-state index is 11.2. The number of hydrogen-bond donors (Lipinski definition) is 1. The van der Waals surface area contributed by atoms with Crippen LogP contribution in [-0.2, 0) is 19.4 Å². The van der Waals surface area contributed by atoms with E-state index in [4.69, 9.17) is 13.0 Å². The van der Waals surface area contributed by atoms with Gasteiger partial charge in [0.1, 0.15) is 0 Å². The Morgan fingerprint density at radius 2 is 1.62 bits per heavy atom. The summed E-state index contributed by atoms with van der Waals surface area (Å²) in [6.07, 6.45) is -3.72. The Hall–Kier alpha value is 1.34. The molecule has 0 aliphatic heterocycles. The second-order valence-corrected chi connectivity index (χ2v) is 2.37. The van der Waals surface area contributed by atoms with Crippen LogP contribution >= 0.6 is 0 Å². The summed E-state index contributed by atoms with van der Waals surface area (Å²) in [6, 6.07) is 0. The van der Waals surface area contributed by atoms with E-state index in [1.54, 1.807) is 6.92 Å². The number of hydrogen-bond acceptors (Lipinski definition) is 3. The first-order valence-electron chi connectivity index (χ1n) is 3.14. The van der Waals surface area contributed by atoms with Crippen LogP contribution in [-0.4, -0.2) is 10.7 Å². The number of rotatable bonds is 2. The third-order valence-corrected chi connectivity index (χ3v) is 0.814. The monoisotopic (exact) mass is 246 g/mol. The first kappa shape index (κ1) is 19.8. The Morgan fingerprint density at radius 1 is 1.31 bits per heavy atom. The first-order valence-corrected chi connectivity index (χ1v) is 4.18. The van der Waals surface area contributed by atoms with E-state index in [-0.39, 0.29) is 57.8 Å². The van der Waals surface area contributed by atoms with Gasteiger partial charge in [0.15, 0.2) is 0 Å². The van der Waals surface area contributed by atoms with E-state index < -0.39 is 23.6 Å². The van der Waals surface area contributed by atoms with Gasteiger partial charge in [0.25, 0.3) is 0 Å². The van der Waals surface area contributed by atoms with Gasteiger partial charge in [0.05, 0.1) is 0 Å². The molecule has 76 valence electrons. The fourth-order valence-corrected chi connectivity index (χ4v) is 0.377. The molecule has 0 rings (SSSR count). The summed E-state index contributed by atoms with van der Waals surface area (Å²) in [6.45, 7) is 1.74. The predicted octanol–water partition coefficient (Wildman–Crippen LogP) is -0.488. The molecule has 8 heteroatoms. The summed E-state index contributed by atoms with van der Waals surface area (Å²) in [4.78, 5) is 0. The van der Waals surface area contributed by atoms with Crippen molar-refractivity contribution in [1.29, 1.82) is 0 Å². The van der Waals surface area contributed by atoms with Gasteiger partial charge in [-0.05, 0) is 6.42 Å². The zero-order chi connectivity index (χ0) is 10.2. The Morgan fingerprint density at radius 3 is 1.69 bits per heavy atom. The summed E-state index contributed by atoms with van der Waals surface area (Å²) in [7, 11) is -2.86. The van der Waals surface area contributed by atoms with E-state index in [1.165, 1.54) is 0 Å². The van der Waals surface area contributed by atoms with Gasteiger partial charge in [-0.2, -0.15) is 13.2 Å². The van der Waals surface area contributed by atoms with Gasteiger partial charge in [-0.1, -0.05) is 13.3 Å². The van der Waals surface area contributed by atoms with Crippen molar-refractivity contribution in [3.05, 3.63) is 0 Å². The Bertz CT molecular complexity index is 161. The van der Waals surface area contributed by atoms with Crippen LogP contribution < -0.4 is 51.4 Å². The molecule has 0 aromatic carbocycles. The Kier molecular flexibility index (Phi) is 17.4. The summed E-state index contributed by atoms with van der Waals surface area (Å²) in [5, 5.41) is 0. The van der Waals surface area contributed by atoms with Gasteiger partial charge in [-0.25, -0.2) is 0 Å². The molecule has 0 aromatic rings. The summed E-state index contributed by atoms with van der Waals surface area (Å²) >= 11 is 0. The zero-order valence-electron chi connectivity index (χ0n) is 7.43. The van der Waals surface area contributed by atoms with Crippen LogP contribution in [0.25, 0.3) is 0 Å². The third-order valence-electron chi connectivity index (χ3n) is 0.814. The minimum absolute atomic E-state index is 0. The largest absolute Gasteiger partial charge is 1.00 e. The van der Waals surface area contributed by atoms with Crippen LogP contribution in [0.1, 0.15) is 26.2 Å². The fraction of sp³-hybridized carbons (Fsp3) is 1.00. The van der Waals surface area contributed by atoms with Crippen molar-refractivity contribution < 1.29 is 77.5 Å². The van der Waals surface area contributed by atoms with E-state index in [0.29, 0.717) is 6.42 Å². The SMILES string of the molecule is CCCCC(F)(F)F.O=[S-](=O)O.[K+]. The average molecular weight is 246 g/mol. The fourth-order valence-electron chi connectivity index (χ4n) is 0.377. The van der Waals surface area contributed by atoms with E-state index in [9.17, 15) is 13.2 Å². The van der Waals surface area contributed by atoms with Crippen LogP contribution in [0.5, 0.6) is 0 Å². The van der Waals surface area contributed by atoms with Gasteiger partial charge < -0.3 is 13.0 Å². The van der Waals surface area contributed by atoms with Crippen molar-refractivity contribution in [3.63, 3.8) is 0 Å². The van der Waals surface area contributed by atoms with Gasteiger partial charge in [-0.3, -0.25) is 0 Å². The van der Waals surface area contributed by atoms with Crippen LogP contribution in [0, 0.1) is 0 Å². The molecular formula is C5H10F3KO3S. The van der Waals surface area contributed by atoms with Crippen molar-refractivity contribution in [1.82, 2.24) is 0 Å². The number of alkyl halides is 3. The minimum atomic E-state index is -3.95. The molecule has 0 fully saturated rings. The van der Waals surface area contributed by atoms with Crippen molar-refractivity contribution in [2.45, 2.75) is 32.4 Å². The van der Waals surface area contributed by atoms with Crippen molar-refractivity contribution in [3.8, 4) is 0 Å². The second-order valence-electron chi connectivity index (χ2n) is 1.94. The van der Waals surface area contributed by atoms with Gasteiger partial charge in [0, 0.05) is 17.4 Å². The molecule has 0 radical (unpaired) electrons. The minimum Gasteiger partial charge on any atom is -0.439 e. The van der Waals surface area contributed by atoms with Crippen LogP contribution in [0.3, 0.4) is 0 Å². The molecule has 0 aliphatic rings. The van der Waals surface area contributed by atoms with E-state index >= 15 is 0 Å². The standard InChI is InChI=1S/C5H9F3.K.HO3S/c1-2-3-4-5(6,7)8;;1-4(2)3/h2-4H2,1H3;;(H,1,2,3)/q;+1;-1. The third kappa shape index (κ3) is 42.7. The molecule has 1 N–H and O–H groups in total. The van der Waals surface area contributed by atoms with Gasteiger partial charge in [0.2, 0.25) is 0 Å². The predicted molar refractivity (Wildman–Crippen MR) is 36.9 cm³/mol. The Balaban J connectivity index is -0.000000173. The quantitative estimate of drug-likeness (QED) is 0.310. The maximum Gasteiger partial charge on any atom is 1.00 e. The molecule has 0 aliphatic carbocycles. The molecular weight excluding hydrogens is 236 g/mol. The molecule has 13 heavy (non-hydrogen) atoms. The summed E-state index contributed by atoms with van der Waals surface area (Å²) < 4.78 is 57.8. The molecule has 0 spiro atoms. The number of unbranched alkanes of at least 4 members (excludes halogenated alkanes) is 1. The molecule has 0 saturated carbocycles. The molecule has 0 bridgehead atoms. The second kappa shape index (κ2) is 11.4. The normalized spacial score (nSPS) is 10.0. The van der Waals surface area contributed by atoms with Gasteiger partial charge >= 0.3 is 57.6 Å². The topological polar surface area (TPSA) is 54.4 Å². The molecule has 0 aromatic heterocycles. The van der Waals surface area contributed by atoms with Crippen LogP contribution in [0.2, 0.25) is 0 Å². The zero-order valence-corrected chi connectivity index (χ0v) is 11.4. The Labute approximate surface area is 119 Å². The van der Waals surface area contributed by atoms with Crippen LogP contribution in [0.4, 0.5) is 13.2 Å². The molecule has 0 amide bonds. The van der Waals surface area contributed by atoms with E-state index in [0.717, 1.165) is 0 Å². The van der Waals surface area contributed by atoms with E-state index in [2.05, 4.69) is 0 Å². The van der Waals surface area contributed by atoms with Crippen LogP contribution in [0.15, 0.2) is 0 Å². The molecule has 3 nitrogen and oxygen atoms in total. The maximum absolute atomic E-state index is 11.2. The smallest absolute Gasteiger partial charge is 0.439 e. The molecule has 0 saturated heterocycles.